The van der Waals surface area contributed by atoms with Crippen molar-refractivity contribution in [3.63, 3.8) is 0 Å². The maximum atomic E-state index is 12.5. The molecule has 3 aromatic rings. The van der Waals surface area contributed by atoms with E-state index in [2.05, 4.69) is 0 Å². The van der Waals surface area contributed by atoms with Gasteiger partial charge in [-0.25, -0.2) is 4.79 Å². The molecule has 0 amide bonds. The molecule has 0 radical (unpaired) electrons. The molecule has 25 heavy (non-hydrogen) atoms. The number of nitrogens with one attached hydrogen (secondary N) is 1. The minimum absolute atomic E-state index is 0. The highest BCUT2D eigenvalue weighted by atomic mass is 79.9. The highest BCUT2D eigenvalue weighted by molar-refractivity contribution is 8.93. The van der Waals surface area contributed by atoms with Gasteiger partial charge >= 0.3 is 5.63 Å². The maximum absolute atomic E-state index is 12.5. The predicted octanol–water partition coefficient (Wildman–Crippen LogP) is 3.69. The van der Waals surface area contributed by atoms with Crippen molar-refractivity contribution in [2.24, 2.45) is 0 Å². The number of rotatable bonds is 3. The van der Waals surface area contributed by atoms with Crippen molar-refractivity contribution in [3.05, 3.63) is 58.4 Å². The first-order valence-electron chi connectivity index (χ1n) is 7.58. The van der Waals surface area contributed by atoms with Gasteiger partial charge in [-0.2, -0.15) is 0 Å². The van der Waals surface area contributed by atoms with Crippen molar-refractivity contribution >= 4 is 61.4 Å². The zero-order valence-electron chi connectivity index (χ0n) is 13.2. The Balaban J connectivity index is 0.00000182. The number of hydrogen-bond donors (Lipinski definition) is 1. The van der Waals surface area contributed by atoms with Crippen molar-refractivity contribution < 1.29 is 9.21 Å². The van der Waals surface area contributed by atoms with Crippen LogP contribution in [-0.4, -0.2) is 34.7 Å². The number of thioether (sulfide) groups is 1. The van der Waals surface area contributed by atoms with Gasteiger partial charge in [-0.05, 0) is 22.9 Å². The van der Waals surface area contributed by atoms with E-state index in [1.165, 1.54) is 11.8 Å². The number of benzene rings is 2. The van der Waals surface area contributed by atoms with E-state index < -0.39 is 5.63 Å². The van der Waals surface area contributed by atoms with E-state index in [-0.39, 0.29) is 34.9 Å². The number of nitrogens with zero attached hydrogens (tertiary/aromatic N) is 1. The first kappa shape index (κ1) is 17.7. The number of carbonyl (C=O) groups excluding carboxylic acids is 1. The summed E-state index contributed by atoms with van der Waals surface area (Å²) in [5, 5.41) is 10.9. The number of hydrogen-bond acceptors (Lipinski definition) is 5. The van der Waals surface area contributed by atoms with Gasteiger partial charge in [-0.15, -0.1) is 17.0 Å². The predicted molar refractivity (Wildman–Crippen MR) is 106 cm³/mol. The number of fused-ring (bicyclic) bond motifs is 3. The molecule has 0 saturated carbocycles. The van der Waals surface area contributed by atoms with Crippen LogP contribution in [0.15, 0.2) is 51.7 Å². The summed E-state index contributed by atoms with van der Waals surface area (Å²) in [6.07, 6.45) is 0. The second-order valence-corrected chi connectivity index (χ2v) is 6.73. The highest BCUT2D eigenvalue weighted by Gasteiger charge is 2.23. The summed E-state index contributed by atoms with van der Waals surface area (Å²) in [6, 6.07) is 13.0. The smallest absolute Gasteiger partial charge is 0.347 e. The van der Waals surface area contributed by atoms with E-state index in [1.807, 2.05) is 30.3 Å². The van der Waals surface area contributed by atoms with Crippen LogP contribution in [0.2, 0.25) is 0 Å². The van der Waals surface area contributed by atoms with E-state index in [0.717, 1.165) is 21.9 Å². The van der Waals surface area contributed by atoms with Crippen molar-refractivity contribution in [1.82, 2.24) is 4.90 Å². The normalized spacial score (nSPS) is 14.1. The van der Waals surface area contributed by atoms with Crippen molar-refractivity contribution in [2.75, 3.05) is 18.8 Å². The number of carbonyl (C=O) groups is 1. The second-order valence-electron chi connectivity index (χ2n) is 5.64. The standard InChI is InChI=1S/C18H14N2O3S.BrH/c19-18-20(7-8-24-18)10-15(21)14-9-13-12-4-2-1-3-11(12)5-6-16(13)23-17(14)22;/h1-6,9,19H,7-8,10H2;1H. The fraction of sp³-hybridized carbons (Fsp3) is 0.167. The van der Waals surface area contributed by atoms with E-state index in [4.69, 9.17) is 9.83 Å². The van der Waals surface area contributed by atoms with Gasteiger partial charge in [-0.1, -0.05) is 42.1 Å². The van der Waals surface area contributed by atoms with Crippen LogP contribution in [-0.2, 0) is 0 Å². The lowest BCUT2D eigenvalue weighted by atomic mass is 10.0. The van der Waals surface area contributed by atoms with Gasteiger partial charge in [0.05, 0.1) is 6.54 Å². The van der Waals surface area contributed by atoms with Crippen LogP contribution in [0.4, 0.5) is 0 Å². The van der Waals surface area contributed by atoms with E-state index in [0.29, 0.717) is 17.3 Å². The van der Waals surface area contributed by atoms with Crippen LogP contribution < -0.4 is 5.63 Å². The molecule has 2 aromatic carbocycles. The number of halogens is 1. The molecule has 0 bridgehead atoms. The minimum Gasteiger partial charge on any atom is -0.422 e. The Morgan fingerprint density at radius 3 is 2.76 bits per heavy atom. The van der Waals surface area contributed by atoms with Gasteiger partial charge in [0.25, 0.3) is 0 Å². The lowest BCUT2D eigenvalue weighted by molar-refractivity contribution is 0.0963. The first-order valence-corrected chi connectivity index (χ1v) is 8.57. The lowest BCUT2D eigenvalue weighted by Gasteiger charge is -2.15. The highest BCUT2D eigenvalue weighted by Crippen LogP contribution is 2.25. The average Bonchev–Trinajstić information content (AvgIpc) is 2.98. The summed E-state index contributed by atoms with van der Waals surface area (Å²) < 4.78 is 5.36. The second kappa shape index (κ2) is 7.01. The molecule has 1 saturated heterocycles. The minimum atomic E-state index is -0.624. The van der Waals surface area contributed by atoms with Gasteiger partial charge < -0.3 is 9.32 Å². The summed E-state index contributed by atoms with van der Waals surface area (Å²) in [7, 11) is 0. The lowest BCUT2D eigenvalue weighted by Crippen LogP contribution is -2.32. The molecule has 2 heterocycles. The molecule has 0 unspecified atom stereocenters. The summed E-state index contributed by atoms with van der Waals surface area (Å²) in [5.74, 6) is 0.481. The van der Waals surface area contributed by atoms with Crippen LogP contribution in [0.25, 0.3) is 21.7 Å². The summed E-state index contributed by atoms with van der Waals surface area (Å²) in [6.45, 7) is 0.684. The summed E-state index contributed by atoms with van der Waals surface area (Å²) >= 11 is 1.41. The van der Waals surface area contributed by atoms with Crippen LogP contribution >= 0.6 is 28.7 Å². The van der Waals surface area contributed by atoms with E-state index in [1.54, 1.807) is 17.0 Å². The Labute approximate surface area is 158 Å². The molecule has 1 aliphatic rings. The first-order chi connectivity index (χ1) is 11.6. The molecule has 0 atom stereocenters. The molecule has 7 heteroatoms. The third kappa shape index (κ3) is 3.21. The third-order valence-electron chi connectivity index (χ3n) is 4.16. The molecule has 1 fully saturated rings. The molecular weight excluding hydrogens is 404 g/mol. The zero-order chi connectivity index (χ0) is 16.7. The van der Waals surface area contributed by atoms with Crippen molar-refractivity contribution in [2.45, 2.75) is 0 Å². The molecule has 4 rings (SSSR count). The topological polar surface area (TPSA) is 74.4 Å². The number of ketones is 1. The van der Waals surface area contributed by atoms with Crippen LogP contribution in [0.5, 0.6) is 0 Å². The molecule has 1 aromatic heterocycles. The Bertz CT molecular complexity index is 1050. The van der Waals surface area contributed by atoms with Gasteiger partial charge in [0, 0.05) is 17.7 Å². The van der Waals surface area contributed by atoms with Gasteiger partial charge in [0.15, 0.2) is 11.0 Å². The van der Waals surface area contributed by atoms with E-state index in [9.17, 15) is 9.59 Å². The number of Topliss-reactive ketones (excluding diaryl/α,β-unsaturated/α-hetero) is 1. The van der Waals surface area contributed by atoms with Crippen LogP contribution in [0.3, 0.4) is 0 Å². The molecule has 5 nitrogen and oxygen atoms in total. The molecule has 1 aliphatic heterocycles. The van der Waals surface area contributed by atoms with Crippen LogP contribution in [0.1, 0.15) is 10.4 Å². The molecule has 0 aliphatic carbocycles. The zero-order valence-corrected chi connectivity index (χ0v) is 15.7. The SMILES string of the molecule is Br.N=C1SCCN1CC(=O)c1cc2c(ccc3ccccc32)oc1=O. The van der Waals surface area contributed by atoms with E-state index >= 15 is 0 Å². The fourth-order valence-electron chi connectivity index (χ4n) is 2.92. The third-order valence-corrected chi connectivity index (χ3v) is 5.08. The van der Waals surface area contributed by atoms with Crippen molar-refractivity contribution in [3.8, 4) is 0 Å². The Morgan fingerprint density at radius 1 is 1.20 bits per heavy atom. The van der Waals surface area contributed by atoms with Gasteiger partial charge in [-0.3, -0.25) is 10.2 Å². The maximum Gasteiger partial charge on any atom is 0.347 e. The Kier molecular flexibility index (Phi) is 4.96. The van der Waals surface area contributed by atoms with Gasteiger partial charge in [0.1, 0.15) is 11.1 Å². The molecular formula is C18H15BrN2O3S. The quantitative estimate of drug-likeness (QED) is 0.398. The Hall–Kier alpha value is -2.12. The summed E-state index contributed by atoms with van der Waals surface area (Å²) in [5.41, 5.74) is -0.107. The van der Waals surface area contributed by atoms with Crippen molar-refractivity contribution in [1.29, 1.82) is 5.41 Å². The molecule has 128 valence electrons. The Morgan fingerprint density at radius 2 is 2.00 bits per heavy atom. The summed E-state index contributed by atoms with van der Waals surface area (Å²) in [4.78, 5) is 26.4. The molecule has 0 spiro atoms. The average molecular weight is 419 g/mol. The largest absolute Gasteiger partial charge is 0.422 e. The fourth-order valence-corrected chi connectivity index (χ4v) is 3.76. The monoisotopic (exact) mass is 418 g/mol. The van der Waals surface area contributed by atoms with Crippen LogP contribution in [0, 0.1) is 5.41 Å². The molecule has 1 N–H and O–H groups in total. The van der Waals surface area contributed by atoms with Gasteiger partial charge in [0.2, 0.25) is 0 Å². The number of amidine groups is 1.